The van der Waals surface area contributed by atoms with Crippen molar-refractivity contribution >= 4 is 0 Å². The molecule has 0 heterocycles. The van der Waals surface area contributed by atoms with E-state index in [2.05, 4.69) is 0 Å². The maximum absolute atomic E-state index is 13.9. The Morgan fingerprint density at radius 2 is 1.90 bits per heavy atom. The second-order valence-corrected chi connectivity index (χ2v) is 5.08. The molecule has 2 aromatic rings. The van der Waals surface area contributed by atoms with Crippen LogP contribution >= 0.6 is 0 Å². The van der Waals surface area contributed by atoms with Gasteiger partial charge < -0.3 is 9.84 Å². The van der Waals surface area contributed by atoms with E-state index in [1.165, 1.54) is 6.07 Å². The van der Waals surface area contributed by atoms with Crippen LogP contribution < -0.4 is 4.74 Å². The lowest BCUT2D eigenvalue weighted by Crippen LogP contribution is -2.01. The van der Waals surface area contributed by atoms with Crippen LogP contribution in [-0.4, -0.2) is 5.11 Å². The van der Waals surface area contributed by atoms with Gasteiger partial charge in [-0.3, -0.25) is 0 Å². The highest BCUT2D eigenvalue weighted by atomic mass is 19.1. The Morgan fingerprint density at radius 3 is 2.55 bits per heavy atom. The summed E-state index contributed by atoms with van der Waals surface area (Å²) in [7, 11) is 0. The number of aryl methyl sites for hydroxylation is 2. The summed E-state index contributed by atoms with van der Waals surface area (Å²) in [5.41, 5.74) is 3.86. The normalized spacial score (nSPS) is 12.2. The summed E-state index contributed by atoms with van der Waals surface area (Å²) in [4.78, 5) is 0. The molecule has 20 heavy (non-hydrogen) atoms. The van der Waals surface area contributed by atoms with Crippen molar-refractivity contribution in [3.8, 4) is 5.75 Å². The number of hydrogen-bond acceptors (Lipinski definition) is 2. The molecule has 2 aromatic carbocycles. The highest BCUT2D eigenvalue weighted by molar-refractivity contribution is 5.33. The molecule has 0 aromatic heterocycles. The van der Waals surface area contributed by atoms with E-state index in [4.69, 9.17) is 4.74 Å². The smallest absolute Gasteiger partial charge is 0.165 e. The van der Waals surface area contributed by atoms with Crippen molar-refractivity contribution in [3.05, 3.63) is 64.5 Å². The van der Waals surface area contributed by atoms with Crippen molar-refractivity contribution in [1.82, 2.24) is 0 Å². The molecule has 0 aliphatic rings. The Labute approximate surface area is 118 Å². The predicted octanol–water partition coefficient (Wildman–Crippen LogP) is 4.07. The molecule has 0 bridgehead atoms. The molecule has 2 nitrogen and oxygen atoms in total. The molecular formula is C17H19FO2. The first-order valence-electron chi connectivity index (χ1n) is 6.64. The van der Waals surface area contributed by atoms with Gasteiger partial charge in [0, 0.05) is 0 Å². The fraction of sp³-hybridized carbons (Fsp3) is 0.294. The molecule has 1 N–H and O–H groups in total. The highest BCUT2D eigenvalue weighted by Crippen LogP contribution is 2.23. The quantitative estimate of drug-likeness (QED) is 0.910. The fourth-order valence-corrected chi connectivity index (χ4v) is 2.01. The van der Waals surface area contributed by atoms with E-state index in [1.807, 2.05) is 32.0 Å². The first-order valence-corrected chi connectivity index (χ1v) is 6.64. The van der Waals surface area contributed by atoms with Crippen molar-refractivity contribution in [2.75, 3.05) is 0 Å². The average Bonchev–Trinajstić information content (AvgIpc) is 2.40. The topological polar surface area (TPSA) is 29.5 Å². The van der Waals surface area contributed by atoms with Crippen LogP contribution in [0.5, 0.6) is 5.75 Å². The van der Waals surface area contributed by atoms with Crippen LogP contribution in [0, 0.1) is 19.7 Å². The summed E-state index contributed by atoms with van der Waals surface area (Å²) in [6.45, 7) is 5.95. The maximum Gasteiger partial charge on any atom is 0.165 e. The third-order valence-corrected chi connectivity index (χ3v) is 3.33. The van der Waals surface area contributed by atoms with Crippen LogP contribution in [0.25, 0.3) is 0 Å². The first-order chi connectivity index (χ1) is 9.47. The van der Waals surface area contributed by atoms with Gasteiger partial charge in [-0.2, -0.15) is 0 Å². The molecule has 106 valence electrons. The number of benzene rings is 2. The van der Waals surface area contributed by atoms with E-state index >= 15 is 0 Å². The number of aliphatic hydroxyl groups excluding tert-OH is 1. The van der Waals surface area contributed by atoms with Gasteiger partial charge in [-0.1, -0.05) is 29.8 Å². The molecule has 0 spiro atoms. The summed E-state index contributed by atoms with van der Waals surface area (Å²) >= 11 is 0. The second-order valence-electron chi connectivity index (χ2n) is 5.08. The van der Waals surface area contributed by atoms with Gasteiger partial charge >= 0.3 is 0 Å². The molecule has 1 atom stereocenters. The molecule has 0 saturated heterocycles. The van der Waals surface area contributed by atoms with Gasteiger partial charge in [0.1, 0.15) is 6.61 Å². The predicted molar refractivity (Wildman–Crippen MR) is 77.3 cm³/mol. The SMILES string of the molecule is Cc1ccc(C)c(COc2ccc([C@@H](C)O)cc2F)c1. The van der Waals surface area contributed by atoms with Crippen molar-refractivity contribution in [2.24, 2.45) is 0 Å². The standard InChI is InChI=1S/C17H19FO2/c1-11-4-5-12(2)15(8-11)10-20-17-7-6-14(13(3)19)9-16(17)18/h4-9,13,19H,10H2,1-3H3/t13-/m1/s1. The van der Waals surface area contributed by atoms with Crippen LogP contribution in [0.2, 0.25) is 0 Å². The summed E-state index contributed by atoms with van der Waals surface area (Å²) in [6.07, 6.45) is -0.683. The lowest BCUT2D eigenvalue weighted by molar-refractivity contribution is 0.198. The summed E-state index contributed by atoms with van der Waals surface area (Å²) in [6, 6.07) is 10.6. The number of hydrogen-bond donors (Lipinski definition) is 1. The van der Waals surface area contributed by atoms with Crippen LogP contribution in [0.3, 0.4) is 0 Å². The molecule has 0 unspecified atom stereocenters. The van der Waals surface area contributed by atoms with Crippen molar-refractivity contribution in [1.29, 1.82) is 0 Å². The van der Waals surface area contributed by atoms with Gasteiger partial charge in [-0.25, -0.2) is 4.39 Å². The molecule has 0 saturated carbocycles. The van der Waals surface area contributed by atoms with E-state index < -0.39 is 11.9 Å². The van der Waals surface area contributed by atoms with Crippen molar-refractivity contribution in [3.63, 3.8) is 0 Å². The maximum atomic E-state index is 13.9. The van der Waals surface area contributed by atoms with E-state index in [0.29, 0.717) is 12.2 Å². The van der Waals surface area contributed by atoms with Crippen molar-refractivity contribution in [2.45, 2.75) is 33.5 Å². The Balaban J connectivity index is 2.13. The zero-order valence-electron chi connectivity index (χ0n) is 12.0. The average molecular weight is 274 g/mol. The Hall–Kier alpha value is -1.87. The summed E-state index contributed by atoms with van der Waals surface area (Å²) in [5.74, 6) is -0.246. The number of halogens is 1. The fourth-order valence-electron chi connectivity index (χ4n) is 2.01. The molecule has 0 radical (unpaired) electrons. The molecule has 0 fully saturated rings. The molecule has 0 aliphatic carbocycles. The van der Waals surface area contributed by atoms with Crippen molar-refractivity contribution < 1.29 is 14.2 Å². The molecule has 3 heteroatoms. The lowest BCUT2D eigenvalue weighted by Gasteiger charge is -2.12. The summed E-state index contributed by atoms with van der Waals surface area (Å²) < 4.78 is 19.4. The largest absolute Gasteiger partial charge is 0.486 e. The number of aliphatic hydroxyl groups is 1. The van der Waals surface area contributed by atoms with E-state index in [0.717, 1.165) is 16.7 Å². The number of rotatable bonds is 4. The monoisotopic (exact) mass is 274 g/mol. The Morgan fingerprint density at radius 1 is 1.15 bits per heavy atom. The second kappa shape index (κ2) is 6.06. The van der Waals surface area contributed by atoms with E-state index in [9.17, 15) is 9.50 Å². The minimum Gasteiger partial charge on any atom is -0.486 e. The minimum atomic E-state index is -0.683. The van der Waals surface area contributed by atoms with Gasteiger partial charge in [0.05, 0.1) is 6.10 Å². The van der Waals surface area contributed by atoms with Gasteiger partial charge in [-0.05, 0) is 49.6 Å². The third kappa shape index (κ3) is 3.36. The van der Waals surface area contributed by atoms with Crippen LogP contribution in [0.4, 0.5) is 4.39 Å². The minimum absolute atomic E-state index is 0.204. The highest BCUT2D eigenvalue weighted by Gasteiger charge is 2.09. The first kappa shape index (κ1) is 14.5. The summed E-state index contributed by atoms with van der Waals surface area (Å²) in [5, 5.41) is 9.41. The van der Waals surface area contributed by atoms with Crippen LogP contribution in [-0.2, 0) is 6.61 Å². The molecule has 0 aliphatic heterocycles. The lowest BCUT2D eigenvalue weighted by atomic mass is 10.1. The molecule has 2 rings (SSSR count). The van der Waals surface area contributed by atoms with E-state index in [-0.39, 0.29) is 5.75 Å². The molecule has 0 amide bonds. The van der Waals surface area contributed by atoms with Gasteiger partial charge in [0.15, 0.2) is 11.6 Å². The van der Waals surface area contributed by atoms with Gasteiger partial charge in [0.2, 0.25) is 0 Å². The zero-order chi connectivity index (χ0) is 14.7. The van der Waals surface area contributed by atoms with Crippen LogP contribution in [0.1, 0.15) is 35.3 Å². The molecular weight excluding hydrogens is 255 g/mol. The van der Waals surface area contributed by atoms with Gasteiger partial charge in [-0.15, -0.1) is 0 Å². The van der Waals surface area contributed by atoms with Crippen LogP contribution in [0.15, 0.2) is 36.4 Å². The Kier molecular flexibility index (Phi) is 4.40. The van der Waals surface area contributed by atoms with Gasteiger partial charge in [0.25, 0.3) is 0 Å². The third-order valence-electron chi connectivity index (χ3n) is 3.33. The number of ether oxygens (including phenoxy) is 1. The zero-order valence-corrected chi connectivity index (χ0v) is 12.0. The Bertz CT molecular complexity index is 606. The van der Waals surface area contributed by atoms with E-state index in [1.54, 1.807) is 19.1 Å².